The fraction of sp³-hybridized carbons (Fsp3) is 0.571. The number of rotatable bonds is 2. The second-order valence-corrected chi connectivity index (χ2v) is 7.24. The second-order valence-electron chi connectivity index (χ2n) is 6.08. The molecule has 1 aromatic rings. The van der Waals surface area contributed by atoms with E-state index in [4.69, 9.17) is 15.0 Å². The SMILES string of the molecule is Cc1c(I)cc(B2OC(C)(C)C(C)(C)O2)cc1CN. The number of benzene rings is 1. The van der Waals surface area contributed by atoms with Crippen LogP contribution in [0.25, 0.3) is 0 Å². The summed E-state index contributed by atoms with van der Waals surface area (Å²) in [5.41, 5.74) is 8.63. The van der Waals surface area contributed by atoms with Crippen LogP contribution in [0, 0.1) is 10.5 Å². The topological polar surface area (TPSA) is 44.5 Å². The molecule has 0 spiro atoms. The average molecular weight is 373 g/mol. The van der Waals surface area contributed by atoms with Crippen LogP contribution in [0.3, 0.4) is 0 Å². The maximum Gasteiger partial charge on any atom is 0.494 e. The fourth-order valence-corrected chi connectivity index (χ4v) is 2.79. The van der Waals surface area contributed by atoms with Crippen LogP contribution >= 0.6 is 22.6 Å². The van der Waals surface area contributed by atoms with Crippen LogP contribution in [0.4, 0.5) is 0 Å². The molecular formula is C14H21BINO2. The summed E-state index contributed by atoms with van der Waals surface area (Å²) in [5, 5.41) is 0. The van der Waals surface area contributed by atoms with Crippen LogP contribution in [0.5, 0.6) is 0 Å². The molecule has 0 saturated carbocycles. The van der Waals surface area contributed by atoms with Gasteiger partial charge in [-0.1, -0.05) is 6.07 Å². The molecule has 1 fully saturated rings. The average Bonchev–Trinajstić information content (AvgIpc) is 2.52. The molecular weight excluding hydrogens is 352 g/mol. The predicted octanol–water partition coefficient (Wildman–Crippen LogP) is 2.36. The van der Waals surface area contributed by atoms with Crippen LogP contribution in [0.15, 0.2) is 12.1 Å². The van der Waals surface area contributed by atoms with Crippen molar-refractivity contribution in [2.24, 2.45) is 5.73 Å². The summed E-state index contributed by atoms with van der Waals surface area (Å²) >= 11 is 2.34. The van der Waals surface area contributed by atoms with Crippen molar-refractivity contribution in [1.82, 2.24) is 0 Å². The fourth-order valence-electron chi connectivity index (χ4n) is 2.09. The largest absolute Gasteiger partial charge is 0.494 e. The molecule has 0 radical (unpaired) electrons. The molecule has 104 valence electrons. The molecule has 1 saturated heterocycles. The maximum absolute atomic E-state index is 6.08. The van der Waals surface area contributed by atoms with E-state index in [0.29, 0.717) is 6.54 Å². The first-order valence-corrected chi connectivity index (χ1v) is 7.60. The van der Waals surface area contributed by atoms with Crippen LogP contribution in [-0.2, 0) is 15.9 Å². The van der Waals surface area contributed by atoms with Gasteiger partial charge in [-0.2, -0.15) is 0 Å². The van der Waals surface area contributed by atoms with E-state index in [1.807, 2.05) is 0 Å². The van der Waals surface area contributed by atoms with E-state index < -0.39 is 0 Å². The molecule has 0 bridgehead atoms. The smallest absolute Gasteiger partial charge is 0.399 e. The highest BCUT2D eigenvalue weighted by atomic mass is 127. The summed E-state index contributed by atoms with van der Waals surface area (Å²) in [4.78, 5) is 0. The number of nitrogens with two attached hydrogens (primary N) is 1. The summed E-state index contributed by atoms with van der Waals surface area (Å²) in [6.45, 7) is 10.9. The molecule has 0 aromatic heterocycles. The lowest BCUT2D eigenvalue weighted by molar-refractivity contribution is 0.00578. The zero-order valence-electron chi connectivity index (χ0n) is 12.2. The Morgan fingerprint density at radius 3 is 2.16 bits per heavy atom. The predicted molar refractivity (Wildman–Crippen MR) is 87.5 cm³/mol. The quantitative estimate of drug-likeness (QED) is 0.640. The Morgan fingerprint density at radius 1 is 1.16 bits per heavy atom. The lowest BCUT2D eigenvalue weighted by atomic mass is 9.78. The molecule has 2 N–H and O–H groups in total. The molecule has 0 unspecified atom stereocenters. The van der Waals surface area contributed by atoms with Crippen LogP contribution in [0.2, 0.25) is 0 Å². The van der Waals surface area contributed by atoms with Crippen molar-refractivity contribution in [3.8, 4) is 0 Å². The molecule has 2 rings (SSSR count). The summed E-state index contributed by atoms with van der Waals surface area (Å²) in [6.07, 6.45) is 0. The first-order valence-electron chi connectivity index (χ1n) is 6.52. The van der Waals surface area contributed by atoms with Crippen molar-refractivity contribution in [2.75, 3.05) is 0 Å². The van der Waals surface area contributed by atoms with Crippen molar-refractivity contribution >= 4 is 35.2 Å². The van der Waals surface area contributed by atoms with E-state index in [9.17, 15) is 0 Å². The molecule has 1 aliphatic heterocycles. The molecule has 1 heterocycles. The van der Waals surface area contributed by atoms with Gasteiger partial charge in [-0.3, -0.25) is 0 Å². The van der Waals surface area contributed by atoms with Gasteiger partial charge in [0.05, 0.1) is 11.2 Å². The lowest BCUT2D eigenvalue weighted by Crippen LogP contribution is -2.41. The van der Waals surface area contributed by atoms with Gasteiger partial charge in [0.15, 0.2) is 0 Å². The molecule has 1 aromatic carbocycles. The zero-order chi connectivity index (χ0) is 14.4. The highest BCUT2D eigenvalue weighted by Crippen LogP contribution is 2.36. The molecule has 19 heavy (non-hydrogen) atoms. The third kappa shape index (κ3) is 2.70. The van der Waals surface area contributed by atoms with E-state index >= 15 is 0 Å². The third-order valence-corrected chi connectivity index (χ3v) is 5.34. The number of hydrogen-bond acceptors (Lipinski definition) is 3. The van der Waals surface area contributed by atoms with Gasteiger partial charge in [0.25, 0.3) is 0 Å². The summed E-state index contributed by atoms with van der Waals surface area (Å²) in [5.74, 6) is 0. The molecule has 0 aliphatic carbocycles. The van der Waals surface area contributed by atoms with E-state index in [0.717, 1.165) is 11.0 Å². The Morgan fingerprint density at radius 2 is 1.68 bits per heavy atom. The minimum absolute atomic E-state index is 0.309. The first kappa shape index (κ1) is 15.3. The second kappa shape index (κ2) is 5.02. The monoisotopic (exact) mass is 373 g/mol. The van der Waals surface area contributed by atoms with Crippen molar-refractivity contribution < 1.29 is 9.31 Å². The van der Waals surface area contributed by atoms with Crippen LogP contribution in [-0.4, -0.2) is 18.3 Å². The highest BCUT2D eigenvalue weighted by molar-refractivity contribution is 14.1. The van der Waals surface area contributed by atoms with Gasteiger partial charge in [0.1, 0.15) is 0 Å². The normalized spacial score (nSPS) is 20.9. The van der Waals surface area contributed by atoms with Crippen molar-refractivity contribution in [3.05, 3.63) is 26.8 Å². The lowest BCUT2D eigenvalue weighted by Gasteiger charge is -2.32. The maximum atomic E-state index is 6.08. The van der Waals surface area contributed by atoms with E-state index in [1.165, 1.54) is 9.13 Å². The van der Waals surface area contributed by atoms with Crippen molar-refractivity contribution in [3.63, 3.8) is 0 Å². The Balaban J connectivity index is 2.37. The minimum atomic E-state index is -0.315. The molecule has 1 aliphatic rings. The van der Waals surface area contributed by atoms with E-state index in [1.54, 1.807) is 0 Å². The summed E-state index contributed by atoms with van der Waals surface area (Å²) < 4.78 is 13.4. The van der Waals surface area contributed by atoms with Gasteiger partial charge in [0.2, 0.25) is 0 Å². The van der Waals surface area contributed by atoms with E-state index in [2.05, 4.69) is 69.3 Å². The molecule has 5 heteroatoms. The molecule has 3 nitrogen and oxygen atoms in total. The van der Waals surface area contributed by atoms with Crippen molar-refractivity contribution in [2.45, 2.75) is 52.4 Å². The highest BCUT2D eigenvalue weighted by Gasteiger charge is 2.51. The van der Waals surface area contributed by atoms with Gasteiger partial charge in [-0.15, -0.1) is 0 Å². The van der Waals surface area contributed by atoms with E-state index in [-0.39, 0.29) is 18.3 Å². The Labute approximate surface area is 129 Å². The Bertz CT molecular complexity index is 486. The Hall–Kier alpha value is -0.105. The summed E-state index contributed by atoms with van der Waals surface area (Å²) in [6, 6.07) is 4.22. The van der Waals surface area contributed by atoms with Gasteiger partial charge in [0, 0.05) is 10.1 Å². The number of halogens is 1. The zero-order valence-corrected chi connectivity index (χ0v) is 14.4. The third-order valence-electron chi connectivity index (χ3n) is 4.22. The van der Waals surface area contributed by atoms with Gasteiger partial charge in [-0.25, -0.2) is 0 Å². The van der Waals surface area contributed by atoms with Crippen LogP contribution < -0.4 is 11.2 Å². The molecule has 0 amide bonds. The number of hydrogen-bond donors (Lipinski definition) is 1. The van der Waals surface area contributed by atoms with Gasteiger partial charge < -0.3 is 15.0 Å². The Kier molecular flexibility index (Phi) is 4.04. The minimum Gasteiger partial charge on any atom is -0.399 e. The van der Waals surface area contributed by atoms with Gasteiger partial charge in [-0.05, 0) is 79.9 Å². The van der Waals surface area contributed by atoms with Crippen molar-refractivity contribution in [1.29, 1.82) is 0 Å². The molecule has 0 atom stereocenters. The first-order chi connectivity index (χ1) is 8.68. The standard InChI is InChI=1S/C14H21BINO2/c1-9-10(8-17)6-11(7-12(9)16)15-18-13(2,3)14(4,5)19-15/h6-7H,8,17H2,1-5H3. The summed E-state index contributed by atoms with van der Waals surface area (Å²) in [7, 11) is -0.315. The van der Waals surface area contributed by atoms with Gasteiger partial charge >= 0.3 is 7.12 Å². The van der Waals surface area contributed by atoms with Crippen LogP contribution in [0.1, 0.15) is 38.8 Å².